The molecule has 124 valence electrons. The molecule has 3 nitrogen and oxygen atoms in total. The summed E-state index contributed by atoms with van der Waals surface area (Å²) < 4.78 is 8.25. The second-order valence-electron chi connectivity index (χ2n) is 3.86. The van der Waals surface area contributed by atoms with E-state index in [1.54, 1.807) is 0 Å². The van der Waals surface area contributed by atoms with Crippen LogP contribution < -0.4 is 0 Å². The third-order valence-electron chi connectivity index (χ3n) is 1.73. The Hall–Kier alpha value is 0.434. The van der Waals surface area contributed by atoms with Gasteiger partial charge >= 0.3 is 23.7 Å². The third kappa shape index (κ3) is 135. The molecule has 20 heavy (non-hydrogen) atoms. The van der Waals surface area contributed by atoms with Gasteiger partial charge in [-0.2, -0.15) is 12.8 Å². The fraction of sp³-hybridized carbons (Fsp3) is 0.875. The summed E-state index contributed by atoms with van der Waals surface area (Å²) in [6, 6.07) is 0. The van der Waals surface area contributed by atoms with Crippen LogP contribution in [-0.4, -0.2) is 23.4 Å². The molecule has 0 heterocycles. The first kappa shape index (κ1) is 32.4. The summed E-state index contributed by atoms with van der Waals surface area (Å²) in [6.45, 7) is 16.2. The van der Waals surface area contributed by atoms with Crippen molar-refractivity contribution in [3.05, 3.63) is 13.8 Å². The van der Waals surface area contributed by atoms with Crippen molar-refractivity contribution in [2.24, 2.45) is 0 Å². The molecule has 0 unspecified atom stereocenters. The molecule has 0 saturated heterocycles. The zero-order valence-corrected chi connectivity index (χ0v) is 15.8. The van der Waals surface area contributed by atoms with Crippen LogP contribution in [0.5, 0.6) is 0 Å². The zero-order chi connectivity index (χ0) is 17.1. The topological polar surface area (TPSA) is 57.5 Å². The van der Waals surface area contributed by atoms with Crippen molar-refractivity contribution in [2.45, 2.75) is 79.1 Å². The molecule has 0 rings (SSSR count). The monoisotopic (exact) mass is 326 g/mol. The number of hydrogen-bond acceptors (Lipinski definition) is 3. The van der Waals surface area contributed by atoms with E-state index in [1.165, 1.54) is 12.8 Å². The molecule has 0 aromatic carbocycles. The Bertz CT molecular complexity index is 75.8. The van der Waals surface area contributed by atoms with Crippen molar-refractivity contribution in [3.63, 3.8) is 0 Å². The summed E-state index contributed by atoms with van der Waals surface area (Å²) in [6.07, 6.45) is 8.63. The second kappa shape index (κ2) is 60.7. The maximum absolute atomic E-state index is 8.25. The van der Waals surface area contributed by atoms with Gasteiger partial charge in [0.15, 0.2) is 0 Å². The molecule has 0 saturated carbocycles. The SMILES string of the molecule is CCCCO.CCCCO.[CH2-]CCC.[CH2-]CCC.[O]=[Ti+2]. The van der Waals surface area contributed by atoms with E-state index in [2.05, 4.69) is 41.5 Å². The third-order valence-corrected chi connectivity index (χ3v) is 1.73. The van der Waals surface area contributed by atoms with Gasteiger partial charge in [0, 0.05) is 13.2 Å². The normalized spacial score (nSPS) is 7.50. The summed E-state index contributed by atoms with van der Waals surface area (Å²) in [5.74, 6) is 0. The minimum absolute atomic E-state index is 0.344. The van der Waals surface area contributed by atoms with E-state index in [9.17, 15) is 0 Å². The van der Waals surface area contributed by atoms with Crippen LogP contribution in [0.25, 0.3) is 0 Å². The maximum atomic E-state index is 8.25. The summed E-state index contributed by atoms with van der Waals surface area (Å²) in [5, 5.41) is 16.1. The van der Waals surface area contributed by atoms with Crippen LogP contribution in [0.15, 0.2) is 0 Å². The van der Waals surface area contributed by atoms with Crippen LogP contribution in [0.4, 0.5) is 0 Å². The van der Waals surface area contributed by atoms with E-state index in [4.69, 9.17) is 13.5 Å². The van der Waals surface area contributed by atoms with Crippen LogP contribution in [0.2, 0.25) is 0 Å². The fourth-order valence-electron chi connectivity index (χ4n) is 0.316. The Morgan fingerprint density at radius 3 is 0.900 bits per heavy atom. The molecule has 0 amide bonds. The summed E-state index contributed by atoms with van der Waals surface area (Å²) >= 11 is 0.750. The van der Waals surface area contributed by atoms with Gasteiger partial charge < -0.3 is 24.1 Å². The van der Waals surface area contributed by atoms with Gasteiger partial charge in [0.2, 0.25) is 0 Å². The Labute approximate surface area is 140 Å². The first-order valence-corrected chi connectivity index (χ1v) is 8.30. The Morgan fingerprint density at radius 2 is 0.900 bits per heavy atom. The number of aliphatic hydroxyl groups is 2. The van der Waals surface area contributed by atoms with Gasteiger partial charge in [-0.15, -0.1) is 0 Å². The van der Waals surface area contributed by atoms with E-state index < -0.39 is 0 Å². The molecule has 0 atom stereocenters. The fourth-order valence-corrected chi connectivity index (χ4v) is 0.316. The van der Waals surface area contributed by atoms with Crippen molar-refractivity contribution in [2.75, 3.05) is 13.2 Å². The van der Waals surface area contributed by atoms with Crippen LogP contribution in [-0.2, 0) is 23.7 Å². The van der Waals surface area contributed by atoms with Crippen LogP contribution in [0.3, 0.4) is 0 Å². The van der Waals surface area contributed by atoms with Gasteiger partial charge in [0.05, 0.1) is 0 Å². The first-order valence-electron chi connectivity index (χ1n) is 7.67. The number of unbranched alkanes of at least 4 members (excludes halogenated alkanes) is 4. The molecule has 0 aliphatic carbocycles. The van der Waals surface area contributed by atoms with Crippen LogP contribution >= 0.6 is 0 Å². The summed E-state index contributed by atoms with van der Waals surface area (Å²) in [5.41, 5.74) is 0. The van der Waals surface area contributed by atoms with Gasteiger partial charge in [0.1, 0.15) is 0 Å². The Balaban J connectivity index is -0.0000000482. The van der Waals surface area contributed by atoms with Gasteiger partial charge in [-0.3, -0.25) is 0 Å². The van der Waals surface area contributed by atoms with Crippen molar-refractivity contribution < 1.29 is 33.9 Å². The average Bonchev–Trinajstić information content (AvgIpc) is 2.52. The minimum atomic E-state index is 0.344. The predicted molar refractivity (Wildman–Crippen MR) is 85.2 cm³/mol. The number of rotatable bonds is 6. The van der Waals surface area contributed by atoms with Crippen molar-refractivity contribution in [1.82, 2.24) is 0 Å². The molecular weight excluding hydrogens is 288 g/mol. The molecule has 2 N–H and O–H groups in total. The quantitative estimate of drug-likeness (QED) is 0.550. The van der Waals surface area contributed by atoms with Gasteiger partial charge in [-0.1, -0.05) is 53.4 Å². The van der Waals surface area contributed by atoms with Crippen molar-refractivity contribution in [3.8, 4) is 0 Å². The standard InChI is InChI=1S/2C4H10O.2C4H9.O.Ti/c2*1-2-3-4-5;2*1-3-4-2;;/h2*5H,2-4H2,1H3;2*1,3-4H2,2H3;;/q;;2*-1;;+2. The summed E-state index contributed by atoms with van der Waals surface area (Å²) in [4.78, 5) is 0. The van der Waals surface area contributed by atoms with E-state index in [0.717, 1.165) is 58.9 Å². The number of aliphatic hydroxyl groups excluding tert-OH is 2. The van der Waals surface area contributed by atoms with E-state index in [-0.39, 0.29) is 0 Å². The molecule has 0 bridgehead atoms. The molecular formula is C16H38O3Ti. The first-order chi connectivity index (χ1) is 9.66. The molecule has 0 fully saturated rings. The van der Waals surface area contributed by atoms with E-state index in [1.807, 2.05) is 0 Å². The molecule has 0 aromatic heterocycles. The molecule has 4 heteroatoms. The molecule has 0 radical (unpaired) electrons. The number of hydrogen-bond donors (Lipinski definition) is 2. The second-order valence-corrected chi connectivity index (χ2v) is 3.86. The predicted octanol–water partition coefficient (Wildman–Crippen LogP) is 4.68. The van der Waals surface area contributed by atoms with Crippen LogP contribution in [0.1, 0.15) is 79.1 Å². The molecule has 0 aliphatic rings. The van der Waals surface area contributed by atoms with Gasteiger partial charge in [0.25, 0.3) is 0 Å². The van der Waals surface area contributed by atoms with Gasteiger partial charge in [-0.05, 0) is 12.8 Å². The van der Waals surface area contributed by atoms with Crippen molar-refractivity contribution >= 4 is 0 Å². The molecule has 0 aliphatic heterocycles. The van der Waals surface area contributed by atoms with E-state index in [0.29, 0.717) is 13.2 Å². The zero-order valence-electron chi connectivity index (χ0n) is 14.3. The Morgan fingerprint density at radius 1 is 0.700 bits per heavy atom. The Kier molecular flexibility index (Phi) is 98.3. The van der Waals surface area contributed by atoms with Crippen molar-refractivity contribution in [1.29, 1.82) is 0 Å². The summed E-state index contributed by atoms with van der Waals surface area (Å²) in [7, 11) is 0. The molecule has 0 aromatic rings. The average molecular weight is 326 g/mol. The molecule has 0 spiro atoms. The van der Waals surface area contributed by atoms with E-state index >= 15 is 0 Å². The van der Waals surface area contributed by atoms with Crippen LogP contribution in [0, 0.1) is 13.8 Å². The van der Waals surface area contributed by atoms with Gasteiger partial charge in [-0.25, -0.2) is 0 Å².